The number of aromatic nitrogens is 3. The number of ether oxygens (including phenoxy) is 2. The van der Waals surface area contributed by atoms with Crippen LogP contribution < -0.4 is 4.74 Å². The fourth-order valence-electron chi connectivity index (χ4n) is 4.84. The molecule has 1 aliphatic rings. The van der Waals surface area contributed by atoms with Crippen LogP contribution in [0.5, 0.6) is 5.75 Å². The number of imidazole rings is 1. The van der Waals surface area contributed by atoms with Crippen molar-refractivity contribution in [3.8, 4) is 11.4 Å². The van der Waals surface area contributed by atoms with Crippen LogP contribution in [-0.4, -0.2) is 52.9 Å². The van der Waals surface area contributed by atoms with Gasteiger partial charge in [-0.1, -0.05) is 30.7 Å². The highest BCUT2D eigenvalue weighted by Gasteiger charge is 2.29. The number of fused-ring (bicyclic) bond motifs is 3. The van der Waals surface area contributed by atoms with E-state index in [2.05, 4.69) is 33.6 Å². The van der Waals surface area contributed by atoms with Gasteiger partial charge in [-0.15, -0.1) is 0 Å². The topological polar surface area (TPSA) is 133 Å². The van der Waals surface area contributed by atoms with E-state index in [9.17, 15) is 13.2 Å². The zero-order valence-electron chi connectivity index (χ0n) is 24.9. The van der Waals surface area contributed by atoms with Crippen molar-refractivity contribution < 1.29 is 27.2 Å². The number of carbonyl (C=O) groups is 1. The molecule has 0 spiro atoms. The van der Waals surface area contributed by atoms with Crippen LogP contribution in [0.4, 0.5) is 0 Å². The lowest BCUT2D eigenvalue weighted by molar-refractivity contribution is -0.143. The smallest absolute Gasteiger partial charge is 0.305 e. The van der Waals surface area contributed by atoms with Crippen LogP contribution in [0.1, 0.15) is 66.6 Å². The van der Waals surface area contributed by atoms with Crippen molar-refractivity contribution in [2.45, 2.75) is 57.9 Å². The number of rotatable bonds is 8. The minimum Gasteiger partial charge on any atom is -0.496 e. The Morgan fingerprint density at radius 2 is 1.79 bits per heavy atom. The molecule has 2 aromatic carbocycles. The first-order chi connectivity index (χ1) is 20.6. The Labute approximate surface area is 252 Å². The van der Waals surface area contributed by atoms with Crippen molar-refractivity contribution in [2.24, 2.45) is 4.99 Å². The first-order valence-electron chi connectivity index (χ1n) is 14.0. The van der Waals surface area contributed by atoms with Crippen molar-refractivity contribution in [3.05, 3.63) is 101 Å². The van der Waals surface area contributed by atoms with E-state index in [0.29, 0.717) is 13.0 Å². The summed E-state index contributed by atoms with van der Waals surface area (Å²) in [6.07, 6.45) is 5.21. The lowest BCUT2D eigenvalue weighted by atomic mass is 9.99. The summed E-state index contributed by atoms with van der Waals surface area (Å²) in [5.41, 5.74) is 6.54. The van der Waals surface area contributed by atoms with Crippen molar-refractivity contribution in [1.82, 2.24) is 14.5 Å². The van der Waals surface area contributed by atoms with Gasteiger partial charge in [0.15, 0.2) is 0 Å². The largest absolute Gasteiger partial charge is 0.496 e. The molecule has 1 atom stereocenters. The SMILES string of the molecule is CCOC(=O)CC[C@@H]1N=C(c2ccccn2)c2cc(CC)c(OC)cc2-n2c(C)cnc21.Cc1ccc(S(=O)(=O)O)cc1. The molecule has 11 heteroatoms. The zero-order chi connectivity index (χ0) is 31.1. The van der Waals surface area contributed by atoms with E-state index in [0.717, 1.165) is 57.5 Å². The zero-order valence-corrected chi connectivity index (χ0v) is 25.8. The quantitative estimate of drug-likeness (QED) is 0.202. The van der Waals surface area contributed by atoms with E-state index in [4.69, 9.17) is 19.0 Å². The van der Waals surface area contributed by atoms with E-state index in [1.807, 2.05) is 45.2 Å². The molecule has 226 valence electrons. The number of hydrogen-bond donors (Lipinski definition) is 1. The van der Waals surface area contributed by atoms with Gasteiger partial charge in [-0.25, -0.2) is 4.98 Å². The third-order valence-electron chi connectivity index (χ3n) is 6.98. The average molecular weight is 605 g/mol. The standard InChI is InChI=1S/C25H28N4O3.C7H8O3S/c1-5-17-13-18-21(14-22(17)31-4)29-16(3)15-27-25(29)20(10-11-23(30)32-6-2)28-24(18)19-9-7-8-12-26-19;1-6-2-4-7(5-3-6)11(8,9)10/h7-9,12-15,20H,5-6,10-11H2,1-4H3;2-5H,1H3,(H,8,9,10)/t20-;/m0./s1. The Kier molecular flexibility index (Phi) is 10.1. The van der Waals surface area contributed by atoms with E-state index < -0.39 is 10.1 Å². The third-order valence-corrected chi connectivity index (χ3v) is 7.85. The van der Waals surface area contributed by atoms with Gasteiger partial charge in [0.05, 0.1) is 35.7 Å². The van der Waals surface area contributed by atoms with Gasteiger partial charge in [-0.2, -0.15) is 8.42 Å². The van der Waals surface area contributed by atoms with Crippen LogP contribution in [0.2, 0.25) is 0 Å². The van der Waals surface area contributed by atoms with Crippen LogP contribution in [0.25, 0.3) is 5.69 Å². The summed E-state index contributed by atoms with van der Waals surface area (Å²) < 4.78 is 42.5. The number of benzene rings is 2. The second kappa shape index (κ2) is 13.7. The minimum absolute atomic E-state index is 0.0666. The summed E-state index contributed by atoms with van der Waals surface area (Å²) >= 11 is 0. The number of esters is 1. The molecular weight excluding hydrogens is 568 g/mol. The van der Waals surface area contributed by atoms with Crippen molar-refractivity contribution in [1.29, 1.82) is 0 Å². The minimum atomic E-state index is -4.02. The Bertz CT molecular complexity index is 1710. The molecule has 3 heterocycles. The van der Waals surface area contributed by atoms with E-state index in [1.54, 1.807) is 25.4 Å². The molecule has 1 N–H and O–H groups in total. The number of pyridine rings is 1. The van der Waals surface area contributed by atoms with Crippen LogP contribution in [0.3, 0.4) is 0 Å². The van der Waals surface area contributed by atoms with Crippen LogP contribution in [-0.2, 0) is 26.1 Å². The molecule has 5 rings (SSSR count). The Hall–Kier alpha value is -4.35. The van der Waals surface area contributed by atoms with Gasteiger partial charge in [0.2, 0.25) is 0 Å². The van der Waals surface area contributed by atoms with E-state index in [-0.39, 0.29) is 23.3 Å². The molecular formula is C32H36N4O6S. The Balaban J connectivity index is 0.000000324. The maximum atomic E-state index is 12.1. The molecule has 10 nitrogen and oxygen atoms in total. The fourth-order valence-corrected chi connectivity index (χ4v) is 5.32. The molecule has 0 bridgehead atoms. The Morgan fingerprint density at radius 1 is 1.05 bits per heavy atom. The molecule has 0 fully saturated rings. The summed E-state index contributed by atoms with van der Waals surface area (Å²) in [5.74, 6) is 1.40. The van der Waals surface area contributed by atoms with E-state index in [1.165, 1.54) is 12.1 Å². The van der Waals surface area contributed by atoms with Gasteiger partial charge in [0.25, 0.3) is 10.1 Å². The predicted octanol–water partition coefficient (Wildman–Crippen LogP) is 5.62. The first kappa shape index (κ1) is 31.6. The average Bonchev–Trinajstić information content (AvgIpc) is 3.31. The molecule has 0 saturated carbocycles. The van der Waals surface area contributed by atoms with Gasteiger partial charge >= 0.3 is 5.97 Å². The number of carbonyl (C=O) groups excluding carboxylic acids is 1. The molecule has 0 aliphatic carbocycles. The number of hydrogen-bond acceptors (Lipinski definition) is 8. The molecule has 0 amide bonds. The Morgan fingerprint density at radius 3 is 2.40 bits per heavy atom. The number of aryl methyl sites for hydroxylation is 3. The molecule has 4 aromatic rings. The highest BCUT2D eigenvalue weighted by Crippen LogP contribution is 2.36. The summed E-state index contributed by atoms with van der Waals surface area (Å²) in [4.78, 5) is 26.4. The van der Waals surface area contributed by atoms with Gasteiger partial charge in [0.1, 0.15) is 17.6 Å². The second-order valence-electron chi connectivity index (χ2n) is 9.97. The number of aliphatic imine (C=N–C) groups is 1. The molecule has 0 radical (unpaired) electrons. The molecule has 43 heavy (non-hydrogen) atoms. The summed E-state index contributed by atoms with van der Waals surface area (Å²) in [6.45, 7) is 8.15. The van der Waals surface area contributed by atoms with Crippen LogP contribution in [0, 0.1) is 13.8 Å². The van der Waals surface area contributed by atoms with Gasteiger partial charge in [0, 0.05) is 36.1 Å². The first-order valence-corrected chi connectivity index (χ1v) is 15.5. The predicted molar refractivity (Wildman–Crippen MR) is 164 cm³/mol. The molecule has 1 aliphatic heterocycles. The summed E-state index contributed by atoms with van der Waals surface area (Å²) in [7, 11) is -2.33. The lowest BCUT2D eigenvalue weighted by Gasteiger charge is -2.17. The number of nitrogens with zero attached hydrogens (tertiary/aromatic N) is 4. The van der Waals surface area contributed by atoms with Crippen molar-refractivity contribution >= 4 is 21.8 Å². The normalized spacial score (nSPS) is 13.9. The maximum Gasteiger partial charge on any atom is 0.305 e. The maximum absolute atomic E-state index is 12.1. The highest BCUT2D eigenvalue weighted by atomic mass is 32.2. The van der Waals surface area contributed by atoms with Crippen molar-refractivity contribution in [3.63, 3.8) is 0 Å². The molecule has 0 unspecified atom stereocenters. The lowest BCUT2D eigenvalue weighted by Crippen LogP contribution is -2.11. The fraction of sp³-hybridized carbons (Fsp3) is 0.312. The monoisotopic (exact) mass is 604 g/mol. The summed E-state index contributed by atoms with van der Waals surface area (Å²) in [5, 5.41) is 0. The van der Waals surface area contributed by atoms with E-state index >= 15 is 0 Å². The van der Waals surface area contributed by atoms with Crippen molar-refractivity contribution in [2.75, 3.05) is 13.7 Å². The summed E-state index contributed by atoms with van der Waals surface area (Å²) in [6, 6.07) is 15.7. The van der Waals surface area contributed by atoms with Gasteiger partial charge in [-0.05, 0) is 69.5 Å². The number of methoxy groups -OCH3 is 1. The van der Waals surface area contributed by atoms with Gasteiger partial charge in [-0.3, -0.25) is 23.9 Å². The molecule has 0 saturated heterocycles. The third kappa shape index (κ3) is 7.36. The van der Waals surface area contributed by atoms with Crippen LogP contribution >= 0.6 is 0 Å². The van der Waals surface area contributed by atoms with Gasteiger partial charge < -0.3 is 9.47 Å². The second-order valence-corrected chi connectivity index (χ2v) is 11.4. The molecule has 2 aromatic heterocycles. The highest BCUT2D eigenvalue weighted by molar-refractivity contribution is 7.85. The van der Waals surface area contributed by atoms with Crippen LogP contribution in [0.15, 0.2) is 76.9 Å².